The highest BCUT2D eigenvalue weighted by Gasteiger charge is 2.22. The van der Waals surface area contributed by atoms with Crippen LogP contribution in [0.3, 0.4) is 0 Å². The Morgan fingerprint density at radius 2 is 1.88 bits per heavy atom. The Morgan fingerprint density at radius 3 is 2.31 bits per heavy atom. The number of aromatic nitrogens is 1. The Bertz CT molecular complexity index is 369. The van der Waals surface area contributed by atoms with Crippen LogP contribution in [0.4, 0.5) is 0 Å². The number of carbonyl (C=O) groups excluding carboxylic acids is 1. The molecule has 4 heteroatoms. The summed E-state index contributed by atoms with van der Waals surface area (Å²) in [7, 11) is 0. The molecule has 0 aliphatic heterocycles. The zero-order valence-electron chi connectivity index (χ0n) is 10.1. The number of hydrogen-bond acceptors (Lipinski definition) is 2. The molecular weight excluding hydrogens is 268 g/mol. The Kier molecular flexibility index (Phi) is 4.47. The Labute approximate surface area is 105 Å². The van der Waals surface area contributed by atoms with Crippen molar-refractivity contribution >= 4 is 21.8 Å². The molecule has 0 aliphatic carbocycles. The van der Waals surface area contributed by atoms with Gasteiger partial charge >= 0.3 is 0 Å². The van der Waals surface area contributed by atoms with Crippen molar-refractivity contribution in [3.05, 3.63) is 28.5 Å². The number of carbonyl (C=O) groups is 1. The lowest BCUT2D eigenvalue weighted by molar-refractivity contribution is 0.0642. The first kappa shape index (κ1) is 13.2. The van der Waals surface area contributed by atoms with E-state index < -0.39 is 0 Å². The predicted octanol–water partition coefficient (Wildman–Crippen LogP) is 3.10. The topological polar surface area (TPSA) is 33.2 Å². The van der Waals surface area contributed by atoms with E-state index in [9.17, 15) is 4.79 Å². The van der Waals surface area contributed by atoms with Gasteiger partial charge in [0.1, 0.15) is 0 Å². The molecule has 0 aromatic carbocycles. The van der Waals surface area contributed by atoms with Gasteiger partial charge in [-0.05, 0) is 49.7 Å². The van der Waals surface area contributed by atoms with E-state index in [1.165, 1.54) is 0 Å². The van der Waals surface area contributed by atoms with Gasteiger partial charge in [0.2, 0.25) is 0 Å². The summed E-state index contributed by atoms with van der Waals surface area (Å²) < 4.78 is 0.742. The van der Waals surface area contributed by atoms with Gasteiger partial charge in [0.15, 0.2) is 0 Å². The molecule has 0 radical (unpaired) electrons. The van der Waals surface area contributed by atoms with Gasteiger partial charge in [0.25, 0.3) is 5.91 Å². The van der Waals surface area contributed by atoms with Crippen LogP contribution in [0, 0.1) is 0 Å². The molecule has 1 heterocycles. The summed E-state index contributed by atoms with van der Waals surface area (Å²) in [4.78, 5) is 18.1. The highest BCUT2D eigenvalue weighted by Crippen LogP contribution is 2.19. The molecule has 0 fully saturated rings. The monoisotopic (exact) mass is 284 g/mol. The largest absolute Gasteiger partial charge is 0.334 e. The molecule has 1 aromatic heterocycles. The van der Waals surface area contributed by atoms with Crippen molar-refractivity contribution in [2.45, 2.75) is 39.8 Å². The summed E-state index contributed by atoms with van der Waals surface area (Å²) in [6.07, 6.45) is 3.28. The molecule has 0 bridgehead atoms. The smallest absolute Gasteiger partial charge is 0.255 e. The van der Waals surface area contributed by atoms with Gasteiger partial charge in [0.05, 0.1) is 5.56 Å². The van der Waals surface area contributed by atoms with Crippen LogP contribution in [-0.4, -0.2) is 27.9 Å². The van der Waals surface area contributed by atoms with Crippen molar-refractivity contribution in [2.75, 3.05) is 0 Å². The van der Waals surface area contributed by atoms with Crippen LogP contribution in [0.25, 0.3) is 0 Å². The summed E-state index contributed by atoms with van der Waals surface area (Å²) in [6, 6.07) is 2.12. The molecule has 0 N–H and O–H groups in total. The van der Waals surface area contributed by atoms with Crippen molar-refractivity contribution in [3.8, 4) is 0 Å². The van der Waals surface area contributed by atoms with Crippen LogP contribution >= 0.6 is 15.9 Å². The third-order valence-corrected chi connectivity index (χ3v) is 2.98. The molecule has 1 aromatic rings. The van der Waals surface area contributed by atoms with Gasteiger partial charge in [-0.1, -0.05) is 0 Å². The third kappa shape index (κ3) is 2.82. The number of pyridine rings is 1. The second kappa shape index (κ2) is 5.43. The van der Waals surface area contributed by atoms with E-state index in [0.29, 0.717) is 5.56 Å². The number of rotatable bonds is 3. The second-order valence-corrected chi connectivity index (χ2v) is 5.11. The zero-order valence-corrected chi connectivity index (χ0v) is 11.7. The van der Waals surface area contributed by atoms with E-state index in [0.717, 1.165) is 4.47 Å². The zero-order chi connectivity index (χ0) is 12.3. The fourth-order valence-electron chi connectivity index (χ4n) is 1.75. The van der Waals surface area contributed by atoms with Gasteiger partial charge in [-0.3, -0.25) is 9.78 Å². The number of nitrogens with zero attached hydrogens (tertiary/aromatic N) is 2. The molecule has 1 rings (SSSR count). The lowest BCUT2D eigenvalue weighted by Gasteiger charge is -2.31. The van der Waals surface area contributed by atoms with E-state index >= 15 is 0 Å². The van der Waals surface area contributed by atoms with Crippen molar-refractivity contribution in [1.82, 2.24) is 9.88 Å². The molecule has 0 atom stereocenters. The van der Waals surface area contributed by atoms with Crippen LogP contribution in [-0.2, 0) is 0 Å². The average molecular weight is 285 g/mol. The summed E-state index contributed by atoms with van der Waals surface area (Å²) >= 11 is 3.35. The van der Waals surface area contributed by atoms with Gasteiger partial charge in [0, 0.05) is 29.0 Å². The average Bonchev–Trinajstić information content (AvgIpc) is 2.16. The van der Waals surface area contributed by atoms with E-state index in [1.807, 2.05) is 32.6 Å². The van der Waals surface area contributed by atoms with E-state index in [-0.39, 0.29) is 18.0 Å². The molecule has 0 saturated heterocycles. The van der Waals surface area contributed by atoms with Gasteiger partial charge < -0.3 is 4.90 Å². The first-order chi connectivity index (χ1) is 7.45. The highest BCUT2D eigenvalue weighted by atomic mass is 79.9. The van der Waals surface area contributed by atoms with Crippen LogP contribution in [0.5, 0.6) is 0 Å². The van der Waals surface area contributed by atoms with Gasteiger partial charge in [-0.15, -0.1) is 0 Å². The fourth-order valence-corrected chi connectivity index (χ4v) is 2.17. The maximum atomic E-state index is 12.3. The Balaban J connectivity index is 3.05. The molecule has 0 spiro atoms. The number of halogens is 1. The molecule has 88 valence electrons. The van der Waals surface area contributed by atoms with Crippen molar-refractivity contribution in [3.63, 3.8) is 0 Å². The summed E-state index contributed by atoms with van der Waals surface area (Å²) in [6.45, 7) is 8.08. The lowest BCUT2D eigenvalue weighted by Crippen LogP contribution is -2.42. The predicted molar refractivity (Wildman–Crippen MR) is 68.4 cm³/mol. The molecular formula is C12H17BrN2O. The maximum absolute atomic E-state index is 12.3. The number of hydrogen-bond donors (Lipinski definition) is 0. The minimum atomic E-state index is 0.0410. The molecule has 0 aliphatic rings. The summed E-state index contributed by atoms with van der Waals surface area (Å²) in [5.41, 5.74) is 0.664. The first-order valence-electron chi connectivity index (χ1n) is 5.37. The van der Waals surface area contributed by atoms with E-state index in [1.54, 1.807) is 18.5 Å². The van der Waals surface area contributed by atoms with Gasteiger partial charge in [-0.2, -0.15) is 0 Å². The Morgan fingerprint density at radius 1 is 1.31 bits per heavy atom. The molecule has 0 saturated carbocycles. The molecule has 16 heavy (non-hydrogen) atoms. The fraction of sp³-hybridized carbons (Fsp3) is 0.500. The SMILES string of the molecule is CC(C)N(C(=O)c1ccncc1Br)C(C)C. The lowest BCUT2D eigenvalue weighted by atomic mass is 10.1. The molecule has 1 amide bonds. The van der Waals surface area contributed by atoms with Crippen LogP contribution in [0.2, 0.25) is 0 Å². The molecule has 0 unspecified atom stereocenters. The maximum Gasteiger partial charge on any atom is 0.255 e. The minimum absolute atomic E-state index is 0.0410. The van der Waals surface area contributed by atoms with Crippen molar-refractivity contribution in [1.29, 1.82) is 0 Å². The third-order valence-electron chi connectivity index (χ3n) is 2.35. The van der Waals surface area contributed by atoms with Crippen molar-refractivity contribution < 1.29 is 4.79 Å². The first-order valence-corrected chi connectivity index (χ1v) is 6.16. The standard InChI is InChI=1S/C12H17BrN2O/c1-8(2)15(9(3)4)12(16)10-5-6-14-7-11(10)13/h5-9H,1-4H3. The number of amides is 1. The van der Waals surface area contributed by atoms with Crippen LogP contribution in [0.15, 0.2) is 22.9 Å². The minimum Gasteiger partial charge on any atom is -0.334 e. The quantitative estimate of drug-likeness (QED) is 0.855. The van der Waals surface area contributed by atoms with E-state index in [2.05, 4.69) is 20.9 Å². The summed E-state index contributed by atoms with van der Waals surface area (Å²) in [5, 5.41) is 0. The highest BCUT2D eigenvalue weighted by molar-refractivity contribution is 9.10. The second-order valence-electron chi connectivity index (χ2n) is 4.26. The summed E-state index contributed by atoms with van der Waals surface area (Å²) in [5.74, 6) is 0.0410. The van der Waals surface area contributed by atoms with Gasteiger partial charge in [-0.25, -0.2) is 0 Å². The van der Waals surface area contributed by atoms with Crippen LogP contribution < -0.4 is 0 Å². The Hall–Kier alpha value is -0.900. The van der Waals surface area contributed by atoms with Crippen LogP contribution in [0.1, 0.15) is 38.1 Å². The van der Waals surface area contributed by atoms with E-state index in [4.69, 9.17) is 0 Å². The molecule has 3 nitrogen and oxygen atoms in total. The van der Waals surface area contributed by atoms with Crippen molar-refractivity contribution in [2.24, 2.45) is 0 Å². The normalized spacial score (nSPS) is 10.9.